The van der Waals surface area contributed by atoms with Gasteiger partial charge in [-0.1, -0.05) is 27.2 Å². The van der Waals surface area contributed by atoms with Crippen LogP contribution in [0.2, 0.25) is 0 Å². The number of anilines is 2. The summed E-state index contributed by atoms with van der Waals surface area (Å²) in [5.41, 5.74) is 0. The van der Waals surface area contributed by atoms with Gasteiger partial charge in [-0.2, -0.15) is 13.2 Å². The molecule has 1 aromatic rings. The molecular formula is C14H23F3N4. The highest BCUT2D eigenvalue weighted by Crippen LogP contribution is 2.28. The van der Waals surface area contributed by atoms with Gasteiger partial charge in [0.15, 0.2) is 0 Å². The topological polar surface area (TPSA) is 49.8 Å². The molecule has 21 heavy (non-hydrogen) atoms. The molecule has 1 rings (SSSR count). The summed E-state index contributed by atoms with van der Waals surface area (Å²) in [6, 6.07) is 1.55. The van der Waals surface area contributed by atoms with Crippen molar-refractivity contribution in [1.29, 1.82) is 0 Å². The Labute approximate surface area is 123 Å². The highest BCUT2D eigenvalue weighted by Gasteiger charge is 2.35. The summed E-state index contributed by atoms with van der Waals surface area (Å²) < 4.78 is 38.6. The van der Waals surface area contributed by atoms with Crippen molar-refractivity contribution < 1.29 is 13.2 Å². The van der Waals surface area contributed by atoms with Gasteiger partial charge in [0.25, 0.3) is 0 Å². The van der Waals surface area contributed by atoms with Crippen molar-refractivity contribution in [2.24, 2.45) is 5.92 Å². The van der Waals surface area contributed by atoms with Crippen molar-refractivity contribution in [3.63, 3.8) is 0 Å². The van der Waals surface area contributed by atoms with Gasteiger partial charge >= 0.3 is 6.18 Å². The third-order valence-corrected chi connectivity index (χ3v) is 3.41. The number of alkyl halides is 3. The van der Waals surface area contributed by atoms with E-state index in [9.17, 15) is 13.2 Å². The standard InChI is InChI=1S/C14H23F3N4/c1-5-7-18-11-8-12(19-10(4)9(3)6-2)21-13(20-11)14(15,16)17/h8-10H,5-7H2,1-4H3,(H2,18,19,20,21). The lowest BCUT2D eigenvalue weighted by Crippen LogP contribution is -2.25. The van der Waals surface area contributed by atoms with Crippen LogP contribution in [0.5, 0.6) is 0 Å². The maximum atomic E-state index is 12.9. The van der Waals surface area contributed by atoms with Gasteiger partial charge in [-0.15, -0.1) is 0 Å². The number of nitrogens with one attached hydrogen (secondary N) is 2. The van der Waals surface area contributed by atoms with Crippen molar-refractivity contribution in [2.45, 2.75) is 52.8 Å². The summed E-state index contributed by atoms with van der Waals surface area (Å²) in [5.74, 6) is -0.398. The SMILES string of the molecule is CCCNc1cc(NC(C)C(C)CC)nc(C(F)(F)F)n1. The molecule has 0 aliphatic rings. The van der Waals surface area contributed by atoms with Crippen LogP contribution in [0.4, 0.5) is 24.8 Å². The van der Waals surface area contributed by atoms with Crippen molar-refractivity contribution in [2.75, 3.05) is 17.2 Å². The second kappa shape index (κ2) is 7.47. The van der Waals surface area contributed by atoms with E-state index in [1.165, 1.54) is 6.07 Å². The first kappa shape index (κ1) is 17.5. The molecule has 0 bridgehead atoms. The molecule has 0 radical (unpaired) electrons. The van der Waals surface area contributed by atoms with E-state index in [-0.39, 0.29) is 17.7 Å². The lowest BCUT2D eigenvalue weighted by Gasteiger charge is -2.21. The highest BCUT2D eigenvalue weighted by atomic mass is 19.4. The Bertz CT molecular complexity index is 448. The van der Waals surface area contributed by atoms with Crippen molar-refractivity contribution in [1.82, 2.24) is 9.97 Å². The second-order valence-electron chi connectivity index (χ2n) is 5.21. The van der Waals surface area contributed by atoms with Gasteiger partial charge in [0.05, 0.1) is 0 Å². The molecule has 7 heteroatoms. The molecule has 2 atom stereocenters. The van der Waals surface area contributed by atoms with E-state index < -0.39 is 12.0 Å². The normalized spacial score (nSPS) is 14.6. The summed E-state index contributed by atoms with van der Waals surface area (Å²) in [7, 11) is 0. The molecule has 1 aromatic heterocycles. The van der Waals surface area contributed by atoms with Gasteiger partial charge in [-0.3, -0.25) is 0 Å². The van der Waals surface area contributed by atoms with E-state index in [0.29, 0.717) is 12.5 Å². The number of nitrogens with zero attached hydrogens (tertiary/aromatic N) is 2. The predicted molar refractivity (Wildman–Crippen MR) is 78.4 cm³/mol. The predicted octanol–water partition coefficient (Wildman–Crippen LogP) is 4.16. The van der Waals surface area contributed by atoms with Crippen LogP contribution in [-0.2, 0) is 6.18 Å². The summed E-state index contributed by atoms with van der Waals surface area (Å²) in [6.07, 6.45) is -2.82. The second-order valence-corrected chi connectivity index (χ2v) is 5.21. The Morgan fingerprint density at radius 1 is 1.14 bits per heavy atom. The zero-order chi connectivity index (χ0) is 16.0. The summed E-state index contributed by atoms with van der Waals surface area (Å²) in [6.45, 7) is 8.51. The Kier molecular flexibility index (Phi) is 6.23. The summed E-state index contributed by atoms with van der Waals surface area (Å²) in [5, 5.41) is 5.90. The number of rotatable bonds is 7. The molecule has 1 heterocycles. The third kappa shape index (κ3) is 5.40. The average Bonchev–Trinajstić information content (AvgIpc) is 2.42. The third-order valence-electron chi connectivity index (χ3n) is 3.41. The Morgan fingerprint density at radius 2 is 1.76 bits per heavy atom. The molecule has 0 fully saturated rings. The van der Waals surface area contributed by atoms with Crippen molar-refractivity contribution >= 4 is 11.6 Å². The van der Waals surface area contributed by atoms with Crippen LogP contribution >= 0.6 is 0 Å². The van der Waals surface area contributed by atoms with Crippen LogP contribution in [0.1, 0.15) is 46.4 Å². The molecule has 0 saturated heterocycles. The monoisotopic (exact) mass is 304 g/mol. The molecular weight excluding hydrogens is 281 g/mol. The molecule has 0 spiro atoms. The number of halogens is 3. The lowest BCUT2D eigenvalue weighted by molar-refractivity contribution is -0.144. The fourth-order valence-corrected chi connectivity index (χ4v) is 1.72. The first-order valence-electron chi connectivity index (χ1n) is 7.24. The van der Waals surface area contributed by atoms with Crippen LogP contribution in [-0.4, -0.2) is 22.6 Å². The number of hydrogen-bond donors (Lipinski definition) is 2. The van der Waals surface area contributed by atoms with Crippen LogP contribution in [0.25, 0.3) is 0 Å². The molecule has 0 aliphatic carbocycles. The number of hydrogen-bond acceptors (Lipinski definition) is 4. The first-order valence-corrected chi connectivity index (χ1v) is 7.24. The van der Waals surface area contributed by atoms with Gasteiger partial charge < -0.3 is 10.6 Å². The van der Waals surface area contributed by atoms with Crippen LogP contribution in [0, 0.1) is 5.92 Å². The van der Waals surface area contributed by atoms with Gasteiger partial charge in [0.2, 0.25) is 5.82 Å². The lowest BCUT2D eigenvalue weighted by atomic mass is 10.0. The maximum absolute atomic E-state index is 12.9. The van der Waals surface area contributed by atoms with Crippen molar-refractivity contribution in [3.05, 3.63) is 11.9 Å². The van der Waals surface area contributed by atoms with Crippen LogP contribution in [0.3, 0.4) is 0 Å². The zero-order valence-electron chi connectivity index (χ0n) is 12.9. The minimum atomic E-state index is -4.56. The summed E-state index contributed by atoms with van der Waals surface area (Å²) in [4.78, 5) is 7.11. The smallest absolute Gasteiger partial charge is 0.370 e. The molecule has 0 saturated carbocycles. The number of aromatic nitrogens is 2. The molecule has 2 N–H and O–H groups in total. The van der Waals surface area contributed by atoms with Crippen LogP contribution in [0.15, 0.2) is 6.07 Å². The van der Waals surface area contributed by atoms with E-state index in [0.717, 1.165) is 12.8 Å². The Hall–Kier alpha value is -1.53. The fourth-order valence-electron chi connectivity index (χ4n) is 1.72. The molecule has 4 nitrogen and oxygen atoms in total. The minimum Gasteiger partial charge on any atom is -0.370 e. The highest BCUT2D eigenvalue weighted by molar-refractivity contribution is 5.48. The molecule has 0 amide bonds. The van der Waals surface area contributed by atoms with E-state index in [2.05, 4.69) is 20.6 Å². The molecule has 2 unspecified atom stereocenters. The molecule has 0 aliphatic heterocycles. The van der Waals surface area contributed by atoms with Crippen LogP contribution < -0.4 is 10.6 Å². The van der Waals surface area contributed by atoms with Gasteiger partial charge in [-0.25, -0.2) is 9.97 Å². The fraction of sp³-hybridized carbons (Fsp3) is 0.714. The zero-order valence-corrected chi connectivity index (χ0v) is 12.9. The summed E-state index contributed by atoms with van der Waals surface area (Å²) >= 11 is 0. The Morgan fingerprint density at radius 3 is 2.29 bits per heavy atom. The Balaban J connectivity index is 3.01. The van der Waals surface area contributed by atoms with Gasteiger partial charge in [0.1, 0.15) is 11.6 Å². The van der Waals surface area contributed by atoms with E-state index >= 15 is 0 Å². The van der Waals surface area contributed by atoms with Crippen molar-refractivity contribution in [3.8, 4) is 0 Å². The van der Waals surface area contributed by atoms with E-state index in [1.54, 1.807) is 0 Å². The largest absolute Gasteiger partial charge is 0.451 e. The van der Waals surface area contributed by atoms with Gasteiger partial charge in [0, 0.05) is 18.7 Å². The van der Waals surface area contributed by atoms with Gasteiger partial charge in [-0.05, 0) is 19.3 Å². The first-order chi connectivity index (χ1) is 9.77. The van der Waals surface area contributed by atoms with E-state index in [1.807, 2.05) is 27.7 Å². The average molecular weight is 304 g/mol. The molecule has 120 valence electrons. The maximum Gasteiger partial charge on any atom is 0.451 e. The quantitative estimate of drug-likeness (QED) is 0.794. The minimum absolute atomic E-state index is 0.0324. The van der Waals surface area contributed by atoms with E-state index in [4.69, 9.17) is 0 Å². The molecule has 0 aromatic carbocycles.